The minimum Gasteiger partial charge on any atom is -0.337 e. The highest BCUT2D eigenvalue weighted by molar-refractivity contribution is 5.99. The van der Waals surface area contributed by atoms with E-state index in [1.165, 1.54) is 17.4 Å². The quantitative estimate of drug-likeness (QED) is 0.442. The van der Waals surface area contributed by atoms with Crippen LogP contribution in [-0.4, -0.2) is 45.5 Å². The minimum atomic E-state index is -4.99. The standard InChI is InChI=1S/C18H16F4N6O2/c19-13-3-1-11(2-4-13)12-5-7-27(8-6-12)16-24-10-28(17(30)26-16)9-14(29)25-15(23)18(20,21)22/h1-5,10H,6-9H2,(H2,23,25,29). The fourth-order valence-corrected chi connectivity index (χ4v) is 2.79. The van der Waals surface area contributed by atoms with Crippen LogP contribution in [0.1, 0.15) is 12.0 Å². The van der Waals surface area contributed by atoms with Crippen molar-refractivity contribution in [2.75, 3.05) is 18.0 Å². The van der Waals surface area contributed by atoms with Crippen LogP contribution in [0.25, 0.3) is 5.57 Å². The number of alkyl halides is 3. The molecule has 3 rings (SSSR count). The lowest BCUT2D eigenvalue weighted by atomic mass is 10.00. The van der Waals surface area contributed by atoms with Gasteiger partial charge in [-0.25, -0.2) is 14.2 Å². The molecule has 1 aromatic heterocycles. The Hall–Kier alpha value is -3.57. The van der Waals surface area contributed by atoms with Crippen LogP contribution < -0.4 is 15.9 Å². The van der Waals surface area contributed by atoms with E-state index in [0.717, 1.165) is 22.0 Å². The molecule has 0 spiro atoms. The van der Waals surface area contributed by atoms with E-state index in [1.807, 2.05) is 6.08 Å². The maximum absolute atomic E-state index is 13.0. The largest absolute Gasteiger partial charge is 0.449 e. The summed E-state index contributed by atoms with van der Waals surface area (Å²) >= 11 is 0. The summed E-state index contributed by atoms with van der Waals surface area (Å²) in [5.74, 6) is -3.32. The second-order valence-electron chi connectivity index (χ2n) is 6.42. The Morgan fingerprint density at radius 2 is 1.93 bits per heavy atom. The number of aromatic nitrogens is 3. The van der Waals surface area contributed by atoms with Gasteiger partial charge in [-0.1, -0.05) is 18.2 Å². The van der Waals surface area contributed by atoms with Crippen molar-refractivity contribution >= 4 is 23.3 Å². The van der Waals surface area contributed by atoms with Gasteiger partial charge in [0, 0.05) is 13.1 Å². The molecule has 158 valence electrons. The molecule has 2 heterocycles. The Kier molecular flexibility index (Phi) is 5.94. The van der Waals surface area contributed by atoms with Gasteiger partial charge in [-0.05, 0) is 29.7 Å². The lowest BCUT2D eigenvalue weighted by molar-refractivity contribution is -0.121. The summed E-state index contributed by atoms with van der Waals surface area (Å²) in [6.45, 7) is 0.140. The van der Waals surface area contributed by atoms with E-state index in [1.54, 1.807) is 17.0 Å². The molecule has 0 atom stereocenters. The molecule has 0 saturated heterocycles. The van der Waals surface area contributed by atoms with Crippen molar-refractivity contribution in [2.45, 2.75) is 19.1 Å². The van der Waals surface area contributed by atoms with E-state index in [-0.39, 0.29) is 11.8 Å². The van der Waals surface area contributed by atoms with Gasteiger partial charge >= 0.3 is 11.9 Å². The van der Waals surface area contributed by atoms with Crippen molar-refractivity contribution < 1.29 is 22.4 Å². The van der Waals surface area contributed by atoms with Crippen molar-refractivity contribution in [3.63, 3.8) is 0 Å². The summed E-state index contributed by atoms with van der Waals surface area (Å²) < 4.78 is 50.6. The number of hydrogen-bond donors (Lipinski definition) is 2. The number of carbonyl (C=O) groups is 1. The number of amidine groups is 1. The van der Waals surface area contributed by atoms with Gasteiger partial charge in [0.15, 0.2) is 0 Å². The van der Waals surface area contributed by atoms with Gasteiger partial charge in [0.1, 0.15) is 18.7 Å². The van der Waals surface area contributed by atoms with Crippen LogP contribution in [0.15, 0.2) is 41.5 Å². The molecule has 0 unspecified atom stereocenters. The molecular weight excluding hydrogens is 408 g/mol. The minimum absolute atomic E-state index is 0.120. The molecule has 0 saturated carbocycles. The number of halogens is 4. The fourth-order valence-electron chi connectivity index (χ4n) is 2.79. The number of nitrogens with zero attached hydrogens (tertiary/aromatic N) is 4. The summed E-state index contributed by atoms with van der Waals surface area (Å²) in [4.78, 5) is 33.2. The monoisotopic (exact) mass is 424 g/mol. The normalized spacial score (nSPS) is 14.3. The first kappa shape index (κ1) is 21.1. The van der Waals surface area contributed by atoms with Gasteiger partial charge in [-0.2, -0.15) is 18.2 Å². The number of hydrogen-bond acceptors (Lipinski definition) is 6. The Morgan fingerprint density at radius 3 is 2.50 bits per heavy atom. The molecule has 30 heavy (non-hydrogen) atoms. The maximum atomic E-state index is 13.0. The highest BCUT2D eigenvalue weighted by Crippen LogP contribution is 2.23. The highest BCUT2D eigenvalue weighted by Gasteiger charge is 2.35. The Bertz CT molecular complexity index is 1050. The molecule has 2 N–H and O–H groups in total. The Morgan fingerprint density at radius 1 is 1.23 bits per heavy atom. The Labute approximate surface area is 167 Å². The molecule has 0 radical (unpaired) electrons. The first-order valence-electron chi connectivity index (χ1n) is 8.72. The predicted octanol–water partition coefficient (Wildman–Crippen LogP) is 1.73. The van der Waals surface area contributed by atoms with E-state index in [9.17, 15) is 27.2 Å². The summed E-state index contributed by atoms with van der Waals surface area (Å²) in [5.41, 5.74) is 1.05. The predicted molar refractivity (Wildman–Crippen MR) is 99.4 cm³/mol. The van der Waals surface area contributed by atoms with E-state index in [0.29, 0.717) is 19.5 Å². The van der Waals surface area contributed by atoms with E-state index >= 15 is 0 Å². The van der Waals surface area contributed by atoms with Crippen LogP contribution in [0.4, 0.5) is 23.5 Å². The first-order chi connectivity index (χ1) is 14.1. The third-order valence-electron chi connectivity index (χ3n) is 4.32. The zero-order valence-electron chi connectivity index (χ0n) is 15.4. The van der Waals surface area contributed by atoms with Gasteiger partial charge < -0.3 is 10.2 Å². The number of amides is 1. The van der Waals surface area contributed by atoms with Gasteiger partial charge in [0.05, 0.1) is 0 Å². The van der Waals surface area contributed by atoms with Crippen LogP contribution in [0.5, 0.6) is 0 Å². The molecule has 0 fully saturated rings. The molecule has 1 aliphatic heterocycles. The van der Waals surface area contributed by atoms with Crippen LogP contribution in [0, 0.1) is 11.2 Å². The molecule has 1 aromatic carbocycles. The fraction of sp³-hybridized carbons (Fsp3) is 0.278. The molecular formula is C18H16F4N6O2. The average molecular weight is 424 g/mol. The number of carbonyl (C=O) groups excluding carboxylic acids is 1. The third kappa shape index (κ3) is 5.07. The van der Waals surface area contributed by atoms with Crippen LogP contribution >= 0.6 is 0 Å². The molecule has 1 amide bonds. The van der Waals surface area contributed by atoms with E-state index < -0.39 is 30.2 Å². The number of anilines is 1. The second kappa shape index (κ2) is 8.43. The summed E-state index contributed by atoms with van der Waals surface area (Å²) in [6, 6.07) is 6.10. The molecule has 2 aromatic rings. The molecule has 1 aliphatic rings. The maximum Gasteiger partial charge on any atom is 0.449 e. The molecule has 0 bridgehead atoms. The Balaban J connectivity index is 1.64. The molecule has 12 heteroatoms. The van der Waals surface area contributed by atoms with Gasteiger partial charge in [0.2, 0.25) is 17.7 Å². The summed E-state index contributed by atoms with van der Waals surface area (Å²) in [5, 5.41) is 8.10. The SMILES string of the molecule is N=C(NC(=O)Cn1cnc(N2CC=C(c3ccc(F)cc3)CC2)nc1=O)C(F)(F)F. The van der Waals surface area contributed by atoms with Crippen LogP contribution in [0.2, 0.25) is 0 Å². The lowest BCUT2D eigenvalue weighted by Crippen LogP contribution is -2.43. The van der Waals surface area contributed by atoms with Crippen molar-refractivity contribution in [3.8, 4) is 0 Å². The second-order valence-corrected chi connectivity index (χ2v) is 6.42. The first-order valence-corrected chi connectivity index (χ1v) is 8.72. The van der Waals surface area contributed by atoms with Crippen molar-refractivity contribution in [2.24, 2.45) is 0 Å². The van der Waals surface area contributed by atoms with E-state index in [4.69, 9.17) is 5.41 Å². The zero-order valence-corrected chi connectivity index (χ0v) is 15.4. The van der Waals surface area contributed by atoms with Gasteiger partial charge in [-0.3, -0.25) is 14.8 Å². The number of benzene rings is 1. The lowest BCUT2D eigenvalue weighted by Gasteiger charge is -2.26. The topological polar surface area (TPSA) is 104 Å². The highest BCUT2D eigenvalue weighted by atomic mass is 19.4. The van der Waals surface area contributed by atoms with Crippen molar-refractivity contribution in [1.29, 1.82) is 5.41 Å². The van der Waals surface area contributed by atoms with Gasteiger partial charge in [-0.15, -0.1) is 0 Å². The van der Waals surface area contributed by atoms with Crippen molar-refractivity contribution in [3.05, 3.63) is 58.5 Å². The number of rotatable bonds is 4. The summed E-state index contributed by atoms with van der Waals surface area (Å²) in [7, 11) is 0. The smallest absolute Gasteiger partial charge is 0.337 e. The molecule has 0 aliphatic carbocycles. The van der Waals surface area contributed by atoms with Crippen molar-refractivity contribution in [1.82, 2.24) is 19.9 Å². The van der Waals surface area contributed by atoms with Crippen LogP contribution in [-0.2, 0) is 11.3 Å². The molecule has 8 nitrogen and oxygen atoms in total. The van der Waals surface area contributed by atoms with Crippen LogP contribution in [0.3, 0.4) is 0 Å². The van der Waals surface area contributed by atoms with E-state index in [2.05, 4.69) is 9.97 Å². The number of nitrogens with one attached hydrogen (secondary N) is 2. The average Bonchev–Trinajstić information content (AvgIpc) is 2.69. The zero-order chi connectivity index (χ0) is 21.9. The summed E-state index contributed by atoms with van der Waals surface area (Å²) in [6.07, 6.45) is -1.46. The third-order valence-corrected chi connectivity index (χ3v) is 4.32. The van der Waals surface area contributed by atoms with Gasteiger partial charge in [0.25, 0.3) is 0 Å².